The lowest BCUT2D eigenvalue weighted by atomic mass is 10.0. The standard InChI is InChI=1S/C15H26N2O2/c1-12(2)6-4-7-13(3)17-15(18)16-10-9-14-8-5-11-19-14/h5,8,11-13H,4,6-7,9-10H2,1-3H3,(H2,16,17,18). The van der Waals surface area contributed by atoms with Crippen LogP contribution < -0.4 is 10.6 Å². The summed E-state index contributed by atoms with van der Waals surface area (Å²) in [6.07, 6.45) is 5.77. The Balaban J connectivity index is 2.06. The normalized spacial score (nSPS) is 12.4. The molecule has 2 amide bonds. The Morgan fingerprint density at radius 2 is 2.11 bits per heavy atom. The molecule has 19 heavy (non-hydrogen) atoms. The van der Waals surface area contributed by atoms with Crippen LogP contribution in [0, 0.1) is 5.92 Å². The molecule has 0 radical (unpaired) electrons. The molecule has 0 aliphatic carbocycles. The van der Waals surface area contributed by atoms with Gasteiger partial charge in [-0.2, -0.15) is 0 Å². The van der Waals surface area contributed by atoms with Crippen LogP contribution in [0.2, 0.25) is 0 Å². The predicted octanol–water partition coefficient (Wildman–Crippen LogP) is 3.34. The summed E-state index contributed by atoms with van der Waals surface area (Å²) in [6, 6.07) is 3.89. The van der Waals surface area contributed by atoms with E-state index in [9.17, 15) is 4.79 Å². The maximum absolute atomic E-state index is 11.6. The van der Waals surface area contributed by atoms with Gasteiger partial charge in [0.05, 0.1) is 6.26 Å². The molecular weight excluding hydrogens is 240 g/mol. The van der Waals surface area contributed by atoms with Gasteiger partial charge in [-0.1, -0.05) is 26.7 Å². The van der Waals surface area contributed by atoms with Gasteiger partial charge in [0, 0.05) is 19.0 Å². The van der Waals surface area contributed by atoms with Crippen molar-refractivity contribution < 1.29 is 9.21 Å². The largest absolute Gasteiger partial charge is 0.469 e. The van der Waals surface area contributed by atoms with Gasteiger partial charge in [-0.3, -0.25) is 0 Å². The van der Waals surface area contributed by atoms with Gasteiger partial charge in [0.2, 0.25) is 0 Å². The first-order chi connectivity index (χ1) is 9.08. The Morgan fingerprint density at radius 1 is 1.32 bits per heavy atom. The van der Waals surface area contributed by atoms with Gasteiger partial charge in [0.25, 0.3) is 0 Å². The second kappa shape index (κ2) is 8.62. The van der Waals surface area contributed by atoms with Gasteiger partial charge >= 0.3 is 6.03 Å². The first kappa shape index (κ1) is 15.6. The number of carbonyl (C=O) groups is 1. The number of rotatable bonds is 8. The van der Waals surface area contributed by atoms with E-state index >= 15 is 0 Å². The van der Waals surface area contributed by atoms with Crippen molar-refractivity contribution in [1.29, 1.82) is 0 Å². The number of hydrogen-bond donors (Lipinski definition) is 2. The maximum atomic E-state index is 11.6. The number of hydrogen-bond acceptors (Lipinski definition) is 2. The molecule has 1 rings (SSSR count). The highest BCUT2D eigenvalue weighted by atomic mass is 16.3. The quantitative estimate of drug-likeness (QED) is 0.758. The number of carbonyl (C=O) groups excluding carboxylic acids is 1. The van der Waals surface area contributed by atoms with Gasteiger partial charge < -0.3 is 15.1 Å². The number of urea groups is 1. The second-order valence-electron chi connectivity index (χ2n) is 5.46. The topological polar surface area (TPSA) is 54.3 Å². The van der Waals surface area contributed by atoms with Crippen LogP contribution in [0.3, 0.4) is 0 Å². The summed E-state index contributed by atoms with van der Waals surface area (Å²) in [5, 5.41) is 5.79. The van der Waals surface area contributed by atoms with Gasteiger partial charge in [-0.25, -0.2) is 4.79 Å². The van der Waals surface area contributed by atoms with Crippen LogP contribution >= 0.6 is 0 Å². The zero-order valence-corrected chi connectivity index (χ0v) is 12.2. The molecule has 1 heterocycles. The summed E-state index contributed by atoms with van der Waals surface area (Å²) < 4.78 is 5.20. The van der Waals surface area contributed by atoms with E-state index in [2.05, 4.69) is 24.5 Å². The van der Waals surface area contributed by atoms with Crippen LogP contribution in [-0.2, 0) is 6.42 Å². The van der Waals surface area contributed by atoms with E-state index in [1.54, 1.807) is 6.26 Å². The molecular formula is C15H26N2O2. The van der Waals surface area contributed by atoms with Crippen LogP contribution in [0.15, 0.2) is 22.8 Å². The zero-order valence-electron chi connectivity index (χ0n) is 12.2. The molecule has 0 saturated heterocycles. The Labute approximate surface area is 116 Å². The highest BCUT2D eigenvalue weighted by molar-refractivity contribution is 5.74. The molecule has 0 bridgehead atoms. The lowest BCUT2D eigenvalue weighted by molar-refractivity contribution is 0.236. The summed E-state index contributed by atoms with van der Waals surface area (Å²) in [4.78, 5) is 11.6. The minimum Gasteiger partial charge on any atom is -0.469 e. The van der Waals surface area contributed by atoms with Crippen molar-refractivity contribution >= 4 is 6.03 Å². The van der Waals surface area contributed by atoms with Gasteiger partial charge in [-0.05, 0) is 31.4 Å². The fourth-order valence-electron chi connectivity index (χ4n) is 1.93. The summed E-state index contributed by atoms with van der Waals surface area (Å²) in [6.45, 7) is 7.09. The van der Waals surface area contributed by atoms with E-state index in [1.807, 2.05) is 19.1 Å². The second-order valence-corrected chi connectivity index (χ2v) is 5.46. The first-order valence-electron chi connectivity index (χ1n) is 7.14. The van der Waals surface area contributed by atoms with Crippen molar-refractivity contribution in [2.24, 2.45) is 5.92 Å². The first-order valence-corrected chi connectivity index (χ1v) is 7.14. The van der Waals surface area contributed by atoms with Gasteiger partial charge in [0.1, 0.15) is 5.76 Å². The van der Waals surface area contributed by atoms with E-state index < -0.39 is 0 Å². The Morgan fingerprint density at radius 3 is 2.74 bits per heavy atom. The van der Waals surface area contributed by atoms with Crippen molar-refractivity contribution in [2.75, 3.05) is 6.54 Å². The summed E-state index contributed by atoms with van der Waals surface area (Å²) in [7, 11) is 0. The highest BCUT2D eigenvalue weighted by Crippen LogP contribution is 2.08. The molecule has 1 atom stereocenters. The summed E-state index contributed by atoms with van der Waals surface area (Å²) >= 11 is 0. The molecule has 0 aliphatic rings. The third kappa shape index (κ3) is 7.54. The third-order valence-electron chi connectivity index (χ3n) is 3.03. The lowest BCUT2D eigenvalue weighted by Crippen LogP contribution is -2.41. The van der Waals surface area contributed by atoms with Crippen LogP contribution in [0.5, 0.6) is 0 Å². The monoisotopic (exact) mass is 266 g/mol. The molecule has 0 spiro atoms. The fraction of sp³-hybridized carbons (Fsp3) is 0.667. The maximum Gasteiger partial charge on any atom is 0.315 e. The lowest BCUT2D eigenvalue weighted by Gasteiger charge is -2.15. The Kier molecular flexibility index (Phi) is 7.08. The van der Waals surface area contributed by atoms with Crippen LogP contribution in [0.1, 0.15) is 45.8 Å². The predicted molar refractivity (Wildman–Crippen MR) is 77.1 cm³/mol. The molecule has 0 fully saturated rings. The van der Waals surface area contributed by atoms with E-state index in [-0.39, 0.29) is 12.1 Å². The van der Waals surface area contributed by atoms with Crippen LogP contribution in [-0.4, -0.2) is 18.6 Å². The van der Waals surface area contributed by atoms with Crippen molar-refractivity contribution in [2.45, 2.75) is 52.5 Å². The molecule has 1 unspecified atom stereocenters. The Hall–Kier alpha value is -1.45. The van der Waals surface area contributed by atoms with E-state index in [1.165, 1.54) is 6.42 Å². The van der Waals surface area contributed by atoms with Crippen LogP contribution in [0.25, 0.3) is 0 Å². The van der Waals surface area contributed by atoms with E-state index in [0.717, 1.165) is 30.9 Å². The third-order valence-corrected chi connectivity index (χ3v) is 3.03. The molecule has 1 aromatic heterocycles. The molecule has 4 heteroatoms. The average molecular weight is 266 g/mol. The molecule has 2 N–H and O–H groups in total. The van der Waals surface area contributed by atoms with Crippen molar-refractivity contribution in [3.63, 3.8) is 0 Å². The number of amides is 2. The smallest absolute Gasteiger partial charge is 0.315 e. The fourth-order valence-corrected chi connectivity index (χ4v) is 1.93. The molecule has 0 saturated carbocycles. The average Bonchev–Trinajstić information content (AvgIpc) is 2.81. The highest BCUT2D eigenvalue weighted by Gasteiger charge is 2.07. The van der Waals surface area contributed by atoms with Crippen LogP contribution in [0.4, 0.5) is 4.79 Å². The number of nitrogens with one attached hydrogen (secondary N) is 2. The molecule has 108 valence electrons. The molecule has 1 aromatic rings. The molecule has 0 aromatic carbocycles. The van der Waals surface area contributed by atoms with Gasteiger partial charge in [-0.15, -0.1) is 0 Å². The zero-order chi connectivity index (χ0) is 14.1. The minimum absolute atomic E-state index is 0.0939. The molecule has 4 nitrogen and oxygen atoms in total. The molecule has 0 aliphatic heterocycles. The summed E-state index contributed by atoms with van der Waals surface area (Å²) in [5.41, 5.74) is 0. The van der Waals surface area contributed by atoms with Crippen molar-refractivity contribution in [1.82, 2.24) is 10.6 Å². The summed E-state index contributed by atoms with van der Waals surface area (Å²) in [5.74, 6) is 1.62. The number of furan rings is 1. The minimum atomic E-state index is -0.0939. The SMILES string of the molecule is CC(C)CCCC(C)NC(=O)NCCc1ccco1. The van der Waals surface area contributed by atoms with Gasteiger partial charge in [0.15, 0.2) is 0 Å². The van der Waals surface area contributed by atoms with E-state index in [4.69, 9.17) is 4.42 Å². The van der Waals surface area contributed by atoms with E-state index in [0.29, 0.717) is 6.54 Å². The van der Waals surface area contributed by atoms with Crippen molar-refractivity contribution in [3.8, 4) is 0 Å². The Bertz CT molecular complexity index is 347. The van der Waals surface area contributed by atoms with Crippen molar-refractivity contribution in [3.05, 3.63) is 24.2 Å².